The molecule has 0 bridgehead atoms. The van der Waals surface area contributed by atoms with Gasteiger partial charge in [-0.05, 0) is 54.8 Å². The van der Waals surface area contributed by atoms with Crippen molar-refractivity contribution in [2.75, 3.05) is 13.1 Å². The van der Waals surface area contributed by atoms with Crippen molar-refractivity contribution in [2.24, 2.45) is 0 Å². The van der Waals surface area contributed by atoms with Crippen LogP contribution < -0.4 is 4.74 Å². The minimum Gasteiger partial charge on any atom is -0.489 e. The van der Waals surface area contributed by atoms with Crippen LogP contribution in [0.4, 0.5) is 0 Å². The van der Waals surface area contributed by atoms with Crippen LogP contribution >= 0.6 is 0 Å². The van der Waals surface area contributed by atoms with Crippen molar-refractivity contribution < 1.29 is 9.53 Å². The van der Waals surface area contributed by atoms with Crippen molar-refractivity contribution in [3.05, 3.63) is 77.7 Å². The largest absolute Gasteiger partial charge is 0.489 e. The number of amides is 1. The zero-order valence-electron chi connectivity index (χ0n) is 18.7. The maximum absolute atomic E-state index is 12.2. The summed E-state index contributed by atoms with van der Waals surface area (Å²) in [6.45, 7) is 7.23. The third-order valence-electron chi connectivity index (χ3n) is 6.53. The van der Waals surface area contributed by atoms with Crippen LogP contribution in [0, 0.1) is 13.8 Å². The fourth-order valence-corrected chi connectivity index (χ4v) is 4.84. The Morgan fingerprint density at radius 1 is 1.16 bits per heavy atom. The Bertz CT molecular complexity index is 1240. The summed E-state index contributed by atoms with van der Waals surface area (Å²) in [6, 6.07) is 14.6. The molecule has 0 saturated carbocycles. The van der Waals surface area contributed by atoms with Crippen LogP contribution in [-0.2, 0) is 4.79 Å². The highest BCUT2D eigenvalue weighted by atomic mass is 16.5. The Balaban J connectivity index is 1.48. The van der Waals surface area contributed by atoms with Gasteiger partial charge in [0.1, 0.15) is 11.9 Å². The van der Waals surface area contributed by atoms with E-state index >= 15 is 0 Å². The number of aromatic nitrogens is 3. The van der Waals surface area contributed by atoms with Crippen LogP contribution in [0.2, 0.25) is 0 Å². The van der Waals surface area contributed by atoms with Gasteiger partial charge in [0.15, 0.2) is 0 Å². The first-order valence-corrected chi connectivity index (χ1v) is 11.1. The molecule has 0 spiro atoms. The number of piperidine rings is 1. The fourth-order valence-electron chi connectivity index (χ4n) is 4.84. The Hall–Kier alpha value is -3.54. The summed E-state index contributed by atoms with van der Waals surface area (Å²) in [5.41, 5.74) is 5.65. The predicted octanol–water partition coefficient (Wildman–Crippen LogP) is 4.75. The third-order valence-corrected chi connectivity index (χ3v) is 6.53. The third kappa shape index (κ3) is 3.66. The zero-order chi connectivity index (χ0) is 22.2. The van der Waals surface area contributed by atoms with Crippen LogP contribution in [0.3, 0.4) is 0 Å². The van der Waals surface area contributed by atoms with E-state index in [1.807, 2.05) is 28.0 Å². The maximum atomic E-state index is 12.2. The topological polar surface area (TPSA) is 63.1 Å². The number of aryl methyl sites for hydroxylation is 2. The fraction of sp³-hybridized carbons (Fsp3) is 0.308. The van der Waals surface area contributed by atoms with E-state index in [9.17, 15) is 4.79 Å². The van der Waals surface area contributed by atoms with Gasteiger partial charge in [-0.2, -0.15) is 5.10 Å². The van der Waals surface area contributed by atoms with Gasteiger partial charge < -0.3 is 14.6 Å². The van der Waals surface area contributed by atoms with E-state index in [0.717, 1.165) is 34.3 Å². The van der Waals surface area contributed by atoms with E-state index in [1.54, 1.807) is 13.1 Å². The molecule has 0 aliphatic carbocycles. The van der Waals surface area contributed by atoms with Crippen molar-refractivity contribution in [3.8, 4) is 11.4 Å². The molecule has 1 aliphatic heterocycles. The monoisotopic (exact) mass is 428 g/mol. The number of carbonyl (C=O) groups excluding carboxylic acids is 1. The van der Waals surface area contributed by atoms with E-state index in [-0.39, 0.29) is 17.9 Å². The van der Waals surface area contributed by atoms with Crippen molar-refractivity contribution in [1.29, 1.82) is 0 Å². The van der Waals surface area contributed by atoms with Crippen molar-refractivity contribution in [1.82, 2.24) is 19.7 Å². The van der Waals surface area contributed by atoms with Gasteiger partial charge in [0.05, 0.1) is 11.2 Å². The molecular formula is C26H28N4O2. The second-order valence-electron chi connectivity index (χ2n) is 8.66. The lowest BCUT2D eigenvalue weighted by Crippen LogP contribution is -2.46. The van der Waals surface area contributed by atoms with Gasteiger partial charge in [-0.1, -0.05) is 18.2 Å². The molecule has 32 heavy (non-hydrogen) atoms. The lowest BCUT2D eigenvalue weighted by Gasteiger charge is -2.39. The van der Waals surface area contributed by atoms with Crippen molar-refractivity contribution in [3.63, 3.8) is 0 Å². The summed E-state index contributed by atoms with van der Waals surface area (Å²) in [7, 11) is 0. The second kappa shape index (κ2) is 8.19. The Labute approximate surface area is 187 Å². The van der Waals surface area contributed by atoms with E-state index in [2.05, 4.69) is 60.3 Å². The average molecular weight is 429 g/mol. The first-order chi connectivity index (χ1) is 15.5. The number of fused-ring (bicyclic) bond motifs is 1. The van der Waals surface area contributed by atoms with Crippen LogP contribution in [-0.4, -0.2) is 44.8 Å². The van der Waals surface area contributed by atoms with Gasteiger partial charge in [-0.15, -0.1) is 0 Å². The molecule has 6 heteroatoms. The summed E-state index contributed by atoms with van der Waals surface area (Å²) >= 11 is 0. The number of ether oxygens (including phenoxy) is 1. The highest BCUT2D eigenvalue weighted by Gasteiger charge is 2.34. The molecule has 1 fully saturated rings. The van der Waals surface area contributed by atoms with Crippen LogP contribution in [0.5, 0.6) is 5.75 Å². The number of hydrogen-bond acceptors (Lipinski definition) is 3. The average Bonchev–Trinajstić information content (AvgIpc) is 3.49. The first kappa shape index (κ1) is 20.4. The number of nitrogens with one attached hydrogen (secondary N) is 1. The molecule has 1 amide bonds. The van der Waals surface area contributed by atoms with Gasteiger partial charge in [0, 0.05) is 56.3 Å². The number of likely N-dealkylation sites (tertiary alicyclic amines) is 1. The van der Waals surface area contributed by atoms with Gasteiger partial charge >= 0.3 is 0 Å². The number of carbonyl (C=O) groups is 1. The number of rotatable bonds is 4. The number of benzene rings is 2. The number of aromatic amines is 1. The number of hydrogen-bond donors (Lipinski definition) is 1. The quantitative estimate of drug-likeness (QED) is 0.510. The molecule has 6 nitrogen and oxygen atoms in total. The smallest absolute Gasteiger partial charge is 0.219 e. The summed E-state index contributed by atoms with van der Waals surface area (Å²) in [5.74, 6) is 1.14. The Kier molecular flexibility index (Phi) is 5.21. The second-order valence-corrected chi connectivity index (χ2v) is 8.66. The molecule has 4 aromatic rings. The standard InChI is InChI=1S/C26H28N4O2/c1-17-15-18(2)26(22-9-12-27-25(17)22)32-24-10-14-29(19(3)31)16-23(24)20-5-7-21(8-6-20)30-13-4-11-28-30/h4-9,11-13,15,23-24,27H,10,14,16H2,1-3H3. The maximum Gasteiger partial charge on any atom is 0.219 e. The van der Waals surface area contributed by atoms with E-state index in [0.29, 0.717) is 13.1 Å². The van der Waals surface area contributed by atoms with Crippen LogP contribution in [0.1, 0.15) is 36.0 Å². The van der Waals surface area contributed by atoms with E-state index in [4.69, 9.17) is 4.74 Å². The molecule has 5 rings (SSSR count). The zero-order valence-corrected chi connectivity index (χ0v) is 18.7. The molecule has 2 aromatic carbocycles. The normalized spacial score (nSPS) is 18.8. The summed E-state index contributed by atoms with van der Waals surface area (Å²) in [5, 5.41) is 5.43. The highest BCUT2D eigenvalue weighted by Crippen LogP contribution is 2.37. The van der Waals surface area contributed by atoms with Gasteiger partial charge in [0.25, 0.3) is 0 Å². The molecule has 2 aromatic heterocycles. The summed E-state index contributed by atoms with van der Waals surface area (Å²) < 4.78 is 8.58. The molecule has 2 atom stereocenters. The SMILES string of the molecule is CC(=O)N1CCC(Oc2c(C)cc(C)c3[nH]ccc23)C(c2ccc(-n3cccn3)cc2)C1. The molecule has 1 aliphatic rings. The molecule has 3 heterocycles. The van der Waals surface area contributed by atoms with Gasteiger partial charge in [0.2, 0.25) is 5.91 Å². The summed E-state index contributed by atoms with van der Waals surface area (Å²) in [6.07, 6.45) is 6.45. The molecule has 2 unspecified atom stereocenters. The predicted molar refractivity (Wildman–Crippen MR) is 125 cm³/mol. The molecule has 1 saturated heterocycles. The molecule has 164 valence electrons. The van der Waals surface area contributed by atoms with E-state index < -0.39 is 0 Å². The molecular weight excluding hydrogens is 400 g/mol. The molecule has 0 radical (unpaired) electrons. The van der Waals surface area contributed by atoms with Gasteiger partial charge in [-0.3, -0.25) is 4.79 Å². The number of H-pyrrole nitrogens is 1. The van der Waals surface area contributed by atoms with Crippen LogP contribution in [0.15, 0.2) is 61.1 Å². The van der Waals surface area contributed by atoms with Gasteiger partial charge in [-0.25, -0.2) is 4.68 Å². The summed E-state index contributed by atoms with van der Waals surface area (Å²) in [4.78, 5) is 17.4. The lowest BCUT2D eigenvalue weighted by atomic mass is 9.87. The Morgan fingerprint density at radius 2 is 1.97 bits per heavy atom. The minimum absolute atomic E-state index is 0.0133. The number of nitrogens with zero attached hydrogens (tertiary/aromatic N) is 3. The van der Waals surface area contributed by atoms with Crippen molar-refractivity contribution in [2.45, 2.75) is 39.2 Å². The molecule has 1 N–H and O–H groups in total. The minimum atomic E-state index is -0.0133. The Morgan fingerprint density at radius 3 is 2.69 bits per heavy atom. The van der Waals surface area contributed by atoms with Crippen molar-refractivity contribution >= 4 is 16.8 Å². The lowest BCUT2D eigenvalue weighted by molar-refractivity contribution is -0.131. The van der Waals surface area contributed by atoms with Crippen LogP contribution in [0.25, 0.3) is 16.6 Å². The highest BCUT2D eigenvalue weighted by molar-refractivity contribution is 5.89. The first-order valence-electron chi connectivity index (χ1n) is 11.1. The van der Waals surface area contributed by atoms with E-state index in [1.165, 1.54) is 11.1 Å².